The number of carbonyl (C=O) groups is 1. The molecule has 1 aliphatic rings. The number of aliphatic hydroxyl groups excluding tert-OH is 1. The van der Waals surface area contributed by atoms with E-state index >= 15 is 0 Å². The summed E-state index contributed by atoms with van der Waals surface area (Å²) in [6, 6.07) is 7.45. The topological polar surface area (TPSA) is 57.5 Å². The summed E-state index contributed by atoms with van der Waals surface area (Å²) in [6.07, 6.45) is 2.44. The first kappa shape index (κ1) is 13.2. The third kappa shape index (κ3) is 2.94. The average Bonchev–Trinajstić information content (AvgIpc) is 2.75. The van der Waals surface area contributed by atoms with Crippen LogP contribution in [-0.4, -0.2) is 28.0 Å². The molecule has 0 saturated carbocycles. The molecule has 1 aromatic rings. The van der Waals surface area contributed by atoms with Gasteiger partial charge in [-0.2, -0.15) is 0 Å². The second-order valence-corrected chi connectivity index (χ2v) is 5.59. The van der Waals surface area contributed by atoms with Crippen molar-refractivity contribution in [2.75, 3.05) is 5.75 Å². The Morgan fingerprint density at radius 1 is 1.44 bits per heavy atom. The van der Waals surface area contributed by atoms with Gasteiger partial charge in [-0.05, 0) is 30.5 Å². The molecule has 18 heavy (non-hydrogen) atoms. The fourth-order valence-corrected chi connectivity index (χ4v) is 2.96. The van der Waals surface area contributed by atoms with Crippen molar-refractivity contribution in [3.05, 3.63) is 40.3 Å². The molecule has 4 heteroatoms. The summed E-state index contributed by atoms with van der Waals surface area (Å²) >= 11 is 1.68. The number of hydrogen-bond donors (Lipinski definition) is 2. The lowest BCUT2D eigenvalue weighted by molar-refractivity contribution is -0.138. The van der Waals surface area contributed by atoms with Crippen LogP contribution in [0.1, 0.15) is 30.4 Å². The Kier molecular flexibility index (Phi) is 4.09. The summed E-state index contributed by atoms with van der Waals surface area (Å²) < 4.78 is 0. The molecule has 0 amide bonds. The van der Waals surface area contributed by atoms with Crippen molar-refractivity contribution in [1.29, 1.82) is 0 Å². The van der Waals surface area contributed by atoms with Gasteiger partial charge in [0.2, 0.25) is 0 Å². The van der Waals surface area contributed by atoms with Crippen molar-refractivity contribution in [3.8, 4) is 0 Å². The standard InChI is InChI=1S/C14H16O3S/c1-9(14(16)17)11-4-2-10(3-5-11)8-13-12(15)6-7-18-13/h2-5,8-9,12,15H,6-7H2,1H3,(H,16,17)/b13-8-/t9-,12+/m1/s1. The van der Waals surface area contributed by atoms with E-state index in [4.69, 9.17) is 5.11 Å². The van der Waals surface area contributed by atoms with Gasteiger partial charge in [0.15, 0.2) is 0 Å². The van der Waals surface area contributed by atoms with E-state index in [2.05, 4.69) is 0 Å². The highest BCUT2D eigenvalue weighted by atomic mass is 32.2. The van der Waals surface area contributed by atoms with Crippen LogP contribution in [0.15, 0.2) is 29.2 Å². The predicted molar refractivity (Wildman–Crippen MR) is 73.6 cm³/mol. The molecule has 0 unspecified atom stereocenters. The van der Waals surface area contributed by atoms with Crippen LogP contribution in [0.2, 0.25) is 0 Å². The van der Waals surface area contributed by atoms with Crippen LogP contribution in [0.3, 0.4) is 0 Å². The Hall–Kier alpha value is -1.26. The van der Waals surface area contributed by atoms with Crippen molar-refractivity contribution in [2.45, 2.75) is 25.4 Å². The summed E-state index contributed by atoms with van der Waals surface area (Å²) in [4.78, 5) is 11.9. The van der Waals surface area contributed by atoms with E-state index in [1.54, 1.807) is 18.7 Å². The van der Waals surface area contributed by atoms with Crippen LogP contribution in [0.5, 0.6) is 0 Å². The molecule has 2 rings (SSSR count). The summed E-state index contributed by atoms with van der Waals surface area (Å²) in [7, 11) is 0. The van der Waals surface area contributed by atoms with Crippen LogP contribution in [-0.2, 0) is 4.79 Å². The maximum absolute atomic E-state index is 10.9. The average molecular weight is 264 g/mol. The number of carboxylic acid groups (broad SMARTS) is 1. The molecule has 1 aromatic carbocycles. The molecule has 3 nitrogen and oxygen atoms in total. The molecule has 0 spiro atoms. The molecule has 2 atom stereocenters. The van der Waals surface area contributed by atoms with E-state index in [1.165, 1.54) is 0 Å². The van der Waals surface area contributed by atoms with Crippen LogP contribution in [0.25, 0.3) is 6.08 Å². The minimum atomic E-state index is -0.817. The zero-order valence-electron chi connectivity index (χ0n) is 10.2. The van der Waals surface area contributed by atoms with Gasteiger partial charge in [0.1, 0.15) is 0 Å². The Balaban J connectivity index is 2.15. The SMILES string of the molecule is C[C@@H](C(=O)O)c1ccc(/C=C2\SCC[C@@H]2O)cc1. The smallest absolute Gasteiger partial charge is 0.310 e. The van der Waals surface area contributed by atoms with Crippen LogP contribution >= 0.6 is 11.8 Å². The number of rotatable bonds is 3. The number of aliphatic hydroxyl groups is 1. The van der Waals surface area contributed by atoms with Crippen molar-refractivity contribution in [2.24, 2.45) is 0 Å². The maximum Gasteiger partial charge on any atom is 0.310 e. The van der Waals surface area contributed by atoms with Gasteiger partial charge in [0, 0.05) is 10.7 Å². The summed E-state index contributed by atoms with van der Waals surface area (Å²) in [5, 5.41) is 18.6. The Morgan fingerprint density at radius 3 is 2.61 bits per heavy atom. The van der Waals surface area contributed by atoms with E-state index < -0.39 is 11.9 Å². The summed E-state index contributed by atoms with van der Waals surface area (Å²) in [5.41, 5.74) is 1.80. The van der Waals surface area contributed by atoms with Gasteiger partial charge in [0.05, 0.1) is 12.0 Å². The van der Waals surface area contributed by atoms with Crippen molar-refractivity contribution >= 4 is 23.8 Å². The maximum atomic E-state index is 10.9. The Bertz CT molecular complexity index is 464. The molecule has 0 bridgehead atoms. The third-order valence-electron chi connectivity index (χ3n) is 3.10. The van der Waals surface area contributed by atoms with Crippen LogP contribution in [0, 0.1) is 0 Å². The largest absolute Gasteiger partial charge is 0.481 e. The number of aliphatic carboxylic acids is 1. The number of hydrogen-bond acceptors (Lipinski definition) is 3. The second kappa shape index (κ2) is 5.59. The van der Waals surface area contributed by atoms with Crippen molar-refractivity contribution in [1.82, 2.24) is 0 Å². The molecule has 0 aromatic heterocycles. The minimum absolute atomic E-state index is 0.340. The Labute approximate surface area is 111 Å². The number of thioether (sulfide) groups is 1. The molecule has 96 valence electrons. The van der Waals surface area contributed by atoms with Crippen molar-refractivity contribution in [3.63, 3.8) is 0 Å². The lowest BCUT2D eigenvalue weighted by Crippen LogP contribution is -2.07. The van der Waals surface area contributed by atoms with Crippen molar-refractivity contribution < 1.29 is 15.0 Å². The van der Waals surface area contributed by atoms with E-state index in [1.807, 2.05) is 30.3 Å². The van der Waals surface area contributed by atoms with Gasteiger partial charge in [-0.3, -0.25) is 4.79 Å². The van der Waals surface area contributed by atoms with E-state index in [0.29, 0.717) is 0 Å². The van der Waals surface area contributed by atoms with Crippen LogP contribution < -0.4 is 0 Å². The molecule has 0 radical (unpaired) electrons. The molecular formula is C14H16O3S. The van der Waals surface area contributed by atoms with Gasteiger partial charge in [-0.25, -0.2) is 0 Å². The predicted octanol–water partition coefficient (Wildman–Crippen LogP) is 2.71. The molecular weight excluding hydrogens is 248 g/mol. The summed E-state index contributed by atoms with van der Waals surface area (Å²) in [5.74, 6) is -0.345. The number of carboxylic acids is 1. The first-order valence-corrected chi connectivity index (χ1v) is 6.91. The monoisotopic (exact) mass is 264 g/mol. The molecule has 1 aliphatic heterocycles. The summed E-state index contributed by atoms with van der Waals surface area (Å²) in [6.45, 7) is 1.67. The first-order chi connectivity index (χ1) is 8.58. The molecule has 1 fully saturated rings. The minimum Gasteiger partial charge on any atom is -0.481 e. The van der Waals surface area contributed by atoms with Gasteiger partial charge < -0.3 is 10.2 Å². The molecule has 0 aliphatic carbocycles. The highest BCUT2D eigenvalue weighted by Gasteiger charge is 2.18. The second-order valence-electron chi connectivity index (χ2n) is 4.43. The van der Waals surface area contributed by atoms with Gasteiger partial charge in [0.25, 0.3) is 0 Å². The van der Waals surface area contributed by atoms with Gasteiger partial charge >= 0.3 is 5.97 Å². The van der Waals surface area contributed by atoms with E-state index in [0.717, 1.165) is 28.2 Å². The zero-order chi connectivity index (χ0) is 13.1. The van der Waals surface area contributed by atoms with Crippen LogP contribution in [0.4, 0.5) is 0 Å². The molecule has 1 saturated heterocycles. The van der Waals surface area contributed by atoms with Gasteiger partial charge in [-0.1, -0.05) is 24.3 Å². The fraction of sp³-hybridized carbons (Fsp3) is 0.357. The lowest BCUT2D eigenvalue weighted by Gasteiger charge is -2.07. The number of benzene rings is 1. The first-order valence-electron chi connectivity index (χ1n) is 5.93. The highest BCUT2D eigenvalue weighted by molar-refractivity contribution is 8.03. The Morgan fingerprint density at radius 2 is 2.11 bits per heavy atom. The normalized spacial score (nSPS) is 23.2. The molecule has 1 heterocycles. The quantitative estimate of drug-likeness (QED) is 0.881. The fourth-order valence-electron chi connectivity index (χ4n) is 1.85. The lowest BCUT2D eigenvalue weighted by atomic mass is 10.00. The van der Waals surface area contributed by atoms with E-state index in [9.17, 15) is 9.90 Å². The zero-order valence-corrected chi connectivity index (χ0v) is 11.0. The molecule has 2 N–H and O–H groups in total. The van der Waals surface area contributed by atoms with Gasteiger partial charge in [-0.15, -0.1) is 11.8 Å². The van der Waals surface area contributed by atoms with E-state index in [-0.39, 0.29) is 6.10 Å². The highest BCUT2D eigenvalue weighted by Crippen LogP contribution is 2.32. The third-order valence-corrected chi connectivity index (χ3v) is 4.27.